The van der Waals surface area contributed by atoms with Crippen molar-refractivity contribution in [1.29, 1.82) is 0 Å². The van der Waals surface area contributed by atoms with Gasteiger partial charge in [-0.1, -0.05) is 13.8 Å². The fourth-order valence-corrected chi connectivity index (χ4v) is 1.09. The Hall–Kier alpha value is -1.38. The molecule has 0 aromatic carbocycles. The van der Waals surface area contributed by atoms with E-state index in [-0.39, 0.29) is 5.95 Å². The molecule has 70 valence electrons. The van der Waals surface area contributed by atoms with E-state index in [1.807, 2.05) is 26.8 Å². The summed E-state index contributed by atoms with van der Waals surface area (Å²) >= 11 is 0. The number of aryl methyl sites for hydroxylation is 1. The van der Waals surface area contributed by atoms with Crippen molar-refractivity contribution in [3.05, 3.63) is 29.8 Å². The van der Waals surface area contributed by atoms with Crippen molar-refractivity contribution in [2.45, 2.75) is 20.8 Å². The van der Waals surface area contributed by atoms with Crippen molar-refractivity contribution in [2.24, 2.45) is 0 Å². The first-order valence-corrected chi connectivity index (χ1v) is 4.36. The molecule has 0 aliphatic rings. The molecule has 0 bridgehead atoms. The van der Waals surface area contributed by atoms with Gasteiger partial charge in [-0.2, -0.15) is 4.39 Å². The fourth-order valence-electron chi connectivity index (χ4n) is 1.09. The summed E-state index contributed by atoms with van der Waals surface area (Å²) in [5.41, 5.74) is 1.64. The van der Waals surface area contributed by atoms with E-state index in [1.54, 1.807) is 6.20 Å². The van der Waals surface area contributed by atoms with Crippen LogP contribution in [0.25, 0.3) is 11.0 Å². The molecule has 0 radical (unpaired) electrons. The molecular weight excluding hydrogens is 167 g/mol. The van der Waals surface area contributed by atoms with Crippen LogP contribution in [0, 0.1) is 12.9 Å². The summed E-state index contributed by atoms with van der Waals surface area (Å²) in [6, 6.07) is 3.33. The number of hydrogen-bond acceptors (Lipinski definition) is 1. The van der Waals surface area contributed by atoms with E-state index in [2.05, 4.69) is 9.97 Å². The molecule has 2 heterocycles. The monoisotopic (exact) mass is 180 g/mol. The average Bonchev–Trinajstić information content (AvgIpc) is 2.48. The van der Waals surface area contributed by atoms with Gasteiger partial charge in [0, 0.05) is 17.6 Å². The molecule has 0 spiro atoms. The van der Waals surface area contributed by atoms with Gasteiger partial charge in [-0.05, 0) is 18.6 Å². The summed E-state index contributed by atoms with van der Waals surface area (Å²) in [7, 11) is 0. The minimum absolute atomic E-state index is 0.335. The zero-order chi connectivity index (χ0) is 9.84. The van der Waals surface area contributed by atoms with Crippen LogP contribution in [0.15, 0.2) is 18.3 Å². The number of aromatic amines is 1. The third-order valence-corrected chi connectivity index (χ3v) is 1.57. The van der Waals surface area contributed by atoms with Gasteiger partial charge in [-0.25, -0.2) is 4.98 Å². The lowest BCUT2D eigenvalue weighted by atomic mass is 10.2. The van der Waals surface area contributed by atoms with Gasteiger partial charge in [0.1, 0.15) is 5.65 Å². The first kappa shape index (κ1) is 9.71. The Morgan fingerprint density at radius 2 is 2.00 bits per heavy atom. The molecule has 3 heteroatoms. The molecule has 13 heavy (non-hydrogen) atoms. The summed E-state index contributed by atoms with van der Waals surface area (Å²) in [5, 5.41) is 0.822. The van der Waals surface area contributed by atoms with E-state index >= 15 is 0 Å². The summed E-state index contributed by atoms with van der Waals surface area (Å²) in [6.45, 7) is 5.93. The lowest BCUT2D eigenvalue weighted by Gasteiger charge is -1.89. The Morgan fingerprint density at radius 1 is 1.31 bits per heavy atom. The van der Waals surface area contributed by atoms with Gasteiger partial charge in [0.15, 0.2) is 5.95 Å². The van der Waals surface area contributed by atoms with E-state index in [4.69, 9.17) is 0 Å². The zero-order valence-corrected chi connectivity index (χ0v) is 8.06. The van der Waals surface area contributed by atoms with Crippen LogP contribution >= 0.6 is 0 Å². The lowest BCUT2D eigenvalue weighted by molar-refractivity contribution is 0.594. The average molecular weight is 180 g/mol. The molecule has 2 nitrogen and oxygen atoms in total. The van der Waals surface area contributed by atoms with Gasteiger partial charge in [0.2, 0.25) is 0 Å². The van der Waals surface area contributed by atoms with Crippen LogP contribution in [-0.2, 0) is 0 Å². The highest BCUT2D eigenvalue weighted by atomic mass is 19.1. The van der Waals surface area contributed by atoms with E-state index in [9.17, 15) is 4.39 Å². The molecule has 0 aliphatic carbocycles. The van der Waals surface area contributed by atoms with Crippen molar-refractivity contribution < 1.29 is 4.39 Å². The first-order chi connectivity index (χ1) is 6.25. The topological polar surface area (TPSA) is 28.7 Å². The molecule has 0 saturated carbocycles. The van der Waals surface area contributed by atoms with E-state index < -0.39 is 0 Å². The second-order valence-corrected chi connectivity index (χ2v) is 2.57. The molecule has 0 fully saturated rings. The molecule has 2 aromatic heterocycles. The highest BCUT2D eigenvalue weighted by Crippen LogP contribution is 2.12. The van der Waals surface area contributed by atoms with Gasteiger partial charge in [0.05, 0.1) is 0 Å². The molecule has 0 unspecified atom stereocenters. The van der Waals surface area contributed by atoms with Gasteiger partial charge in [-0.15, -0.1) is 0 Å². The molecule has 2 aromatic rings. The van der Waals surface area contributed by atoms with Crippen molar-refractivity contribution in [3.8, 4) is 0 Å². The maximum absolute atomic E-state index is 12.6. The molecule has 2 rings (SSSR count). The van der Waals surface area contributed by atoms with Crippen LogP contribution in [-0.4, -0.2) is 9.97 Å². The standard InChI is InChI=1S/C8H7FN2.C2H6/c1-5-2-6-3-7(9)11-8(6)10-4-5;1-2/h2-4H,1H3,(H,10,11);1-2H3. The van der Waals surface area contributed by atoms with Crippen LogP contribution in [0.1, 0.15) is 19.4 Å². The molecule has 0 amide bonds. The van der Waals surface area contributed by atoms with E-state index in [0.717, 1.165) is 10.9 Å². The smallest absolute Gasteiger partial charge is 0.193 e. The highest BCUT2D eigenvalue weighted by molar-refractivity contribution is 5.75. The predicted molar refractivity (Wildman–Crippen MR) is 52.1 cm³/mol. The van der Waals surface area contributed by atoms with Crippen LogP contribution in [0.2, 0.25) is 0 Å². The molecule has 0 atom stereocenters. The van der Waals surface area contributed by atoms with Crippen LogP contribution in [0.3, 0.4) is 0 Å². The van der Waals surface area contributed by atoms with Gasteiger partial charge in [0.25, 0.3) is 0 Å². The van der Waals surface area contributed by atoms with Gasteiger partial charge < -0.3 is 4.98 Å². The zero-order valence-electron chi connectivity index (χ0n) is 8.06. The maximum Gasteiger partial charge on any atom is 0.193 e. The summed E-state index contributed by atoms with van der Waals surface area (Å²) < 4.78 is 12.6. The fraction of sp³-hybridized carbons (Fsp3) is 0.300. The Morgan fingerprint density at radius 3 is 2.69 bits per heavy atom. The van der Waals surface area contributed by atoms with Crippen molar-refractivity contribution in [3.63, 3.8) is 0 Å². The SMILES string of the molecule is CC.Cc1cnc2[nH]c(F)cc2c1. The number of nitrogens with one attached hydrogen (secondary N) is 1. The van der Waals surface area contributed by atoms with Crippen molar-refractivity contribution in [1.82, 2.24) is 9.97 Å². The number of aromatic nitrogens is 2. The Balaban J connectivity index is 0.000000396. The number of pyridine rings is 1. The van der Waals surface area contributed by atoms with Crippen molar-refractivity contribution in [2.75, 3.05) is 0 Å². The highest BCUT2D eigenvalue weighted by Gasteiger charge is 1.99. The minimum Gasteiger partial charge on any atom is -0.316 e. The number of rotatable bonds is 0. The maximum atomic E-state index is 12.6. The Kier molecular flexibility index (Phi) is 3.01. The summed E-state index contributed by atoms with van der Waals surface area (Å²) in [4.78, 5) is 6.51. The van der Waals surface area contributed by atoms with Crippen LogP contribution in [0.5, 0.6) is 0 Å². The number of hydrogen-bond donors (Lipinski definition) is 1. The Labute approximate surface area is 76.8 Å². The van der Waals surface area contributed by atoms with Gasteiger partial charge in [-0.3, -0.25) is 0 Å². The number of H-pyrrole nitrogens is 1. The first-order valence-electron chi connectivity index (χ1n) is 4.36. The molecular formula is C10H13FN2. The molecule has 0 aliphatic heterocycles. The second-order valence-electron chi connectivity index (χ2n) is 2.57. The number of halogens is 1. The number of nitrogens with zero attached hydrogens (tertiary/aromatic N) is 1. The Bertz CT molecular complexity index is 393. The minimum atomic E-state index is -0.335. The van der Waals surface area contributed by atoms with E-state index in [1.165, 1.54) is 6.07 Å². The third kappa shape index (κ3) is 2.05. The summed E-state index contributed by atoms with van der Waals surface area (Å²) in [6.07, 6.45) is 1.71. The quantitative estimate of drug-likeness (QED) is 0.663. The van der Waals surface area contributed by atoms with E-state index in [0.29, 0.717) is 5.65 Å². The normalized spacial score (nSPS) is 9.54. The predicted octanol–water partition coefficient (Wildman–Crippen LogP) is 3.04. The van der Waals surface area contributed by atoms with Crippen molar-refractivity contribution >= 4 is 11.0 Å². The van der Waals surface area contributed by atoms with Gasteiger partial charge >= 0.3 is 0 Å². The van der Waals surface area contributed by atoms with Crippen LogP contribution in [0.4, 0.5) is 4.39 Å². The number of fused-ring (bicyclic) bond motifs is 1. The molecule has 0 saturated heterocycles. The third-order valence-electron chi connectivity index (χ3n) is 1.57. The molecule has 1 N–H and O–H groups in total. The lowest BCUT2D eigenvalue weighted by Crippen LogP contribution is -1.77. The summed E-state index contributed by atoms with van der Waals surface area (Å²) in [5.74, 6) is -0.335. The largest absolute Gasteiger partial charge is 0.316 e. The van der Waals surface area contributed by atoms with Crippen LogP contribution < -0.4 is 0 Å². The second kappa shape index (κ2) is 4.03.